The average Bonchev–Trinajstić information content (AvgIpc) is 2.98. The van der Waals surface area contributed by atoms with Gasteiger partial charge in [0, 0.05) is 13.1 Å². The lowest BCUT2D eigenvalue weighted by atomic mass is 10.0. The summed E-state index contributed by atoms with van der Waals surface area (Å²) < 4.78 is 21.9. The third kappa shape index (κ3) is 5.02. The van der Waals surface area contributed by atoms with E-state index >= 15 is 0 Å². The monoisotopic (exact) mass is 343 g/mol. The van der Waals surface area contributed by atoms with Crippen molar-refractivity contribution >= 4 is 33.1 Å². The van der Waals surface area contributed by atoms with Crippen LogP contribution in [0.2, 0.25) is 0 Å². The van der Waals surface area contributed by atoms with Crippen LogP contribution < -0.4 is 10.3 Å². The van der Waals surface area contributed by atoms with Crippen LogP contribution in [0, 0.1) is 5.92 Å². The maximum atomic E-state index is 12.1. The number of Topliss-reactive ketones (excluding diaryl/α,β-unsaturated/α-hetero) is 1. The molecule has 1 amide bonds. The molecule has 0 fully saturated rings. The molecule has 0 aliphatic carbocycles. The number of sulfonamides is 1. The van der Waals surface area contributed by atoms with Crippen molar-refractivity contribution in [1.82, 2.24) is 15.2 Å². The zero-order valence-corrected chi connectivity index (χ0v) is 13.6. The summed E-state index contributed by atoms with van der Waals surface area (Å²) in [7, 11) is -3.49. The van der Waals surface area contributed by atoms with Crippen molar-refractivity contribution in [3.8, 4) is 0 Å². The van der Waals surface area contributed by atoms with Crippen molar-refractivity contribution in [3.05, 3.63) is 34.5 Å². The smallest absolute Gasteiger partial charge is 0.243 e. The van der Waals surface area contributed by atoms with E-state index in [0.29, 0.717) is 18.0 Å². The first kappa shape index (κ1) is 16.8. The summed E-state index contributed by atoms with van der Waals surface area (Å²) >= 11 is 1.39. The summed E-state index contributed by atoms with van der Waals surface area (Å²) in [5, 5.41) is 1.84. The molecule has 1 atom stereocenters. The van der Waals surface area contributed by atoms with Gasteiger partial charge in [-0.25, -0.2) is 8.42 Å². The van der Waals surface area contributed by atoms with Crippen LogP contribution in [0.4, 0.5) is 0 Å². The van der Waals surface area contributed by atoms with Gasteiger partial charge in [0.25, 0.3) is 0 Å². The molecule has 120 valence electrons. The van der Waals surface area contributed by atoms with Crippen LogP contribution in [-0.2, 0) is 14.8 Å². The molecule has 0 saturated heterocycles. The van der Waals surface area contributed by atoms with Crippen LogP contribution in [0.25, 0.3) is 0 Å². The van der Waals surface area contributed by atoms with Gasteiger partial charge in [-0.05, 0) is 11.4 Å². The second-order valence-electron chi connectivity index (χ2n) is 4.99. The number of hydrogen-bond acceptors (Lipinski definition) is 6. The fourth-order valence-electron chi connectivity index (χ4n) is 2.04. The molecule has 22 heavy (non-hydrogen) atoms. The van der Waals surface area contributed by atoms with Gasteiger partial charge >= 0.3 is 0 Å². The molecular weight excluding hydrogens is 326 g/mol. The molecule has 1 aromatic heterocycles. The largest absolute Gasteiger partial charge is 0.292 e. The minimum atomic E-state index is -3.49. The van der Waals surface area contributed by atoms with Gasteiger partial charge in [-0.15, -0.1) is 16.2 Å². The molecule has 1 aliphatic rings. The third-order valence-electron chi connectivity index (χ3n) is 3.05. The molecule has 0 saturated carbocycles. The Hall–Kier alpha value is -1.55. The van der Waals surface area contributed by atoms with Crippen molar-refractivity contribution in [2.24, 2.45) is 5.92 Å². The number of nitrogens with one attached hydrogen (secondary N) is 2. The Kier molecular flexibility index (Phi) is 5.46. The van der Waals surface area contributed by atoms with E-state index in [0.717, 1.165) is 6.26 Å². The highest BCUT2D eigenvalue weighted by Gasteiger charge is 2.24. The molecule has 2 heterocycles. The van der Waals surface area contributed by atoms with Crippen LogP contribution >= 0.6 is 11.3 Å². The molecule has 2 rings (SSSR count). The molecule has 0 radical (unpaired) electrons. The standard InChI is InChI=1S/C13H17N3O4S2/c1-22(19,20)15-14-13(18)10-4-2-6-16(8-10)9-11(17)12-5-3-7-21-12/h2-5,7,10,15H,6,8-9H2,1H3,(H,14,18). The van der Waals surface area contributed by atoms with E-state index in [1.165, 1.54) is 11.3 Å². The maximum absolute atomic E-state index is 12.1. The van der Waals surface area contributed by atoms with Gasteiger partial charge in [0.15, 0.2) is 5.78 Å². The number of nitrogens with zero attached hydrogens (tertiary/aromatic N) is 1. The second kappa shape index (κ2) is 7.14. The molecule has 0 bridgehead atoms. The van der Waals surface area contributed by atoms with Gasteiger partial charge in [0.1, 0.15) is 0 Å². The van der Waals surface area contributed by atoms with Gasteiger partial charge < -0.3 is 0 Å². The summed E-state index contributed by atoms with van der Waals surface area (Å²) in [5.74, 6) is -0.937. The Balaban J connectivity index is 1.89. The van der Waals surface area contributed by atoms with Crippen LogP contribution in [-0.4, -0.2) is 50.9 Å². The van der Waals surface area contributed by atoms with Crippen LogP contribution in [0.1, 0.15) is 9.67 Å². The van der Waals surface area contributed by atoms with Gasteiger partial charge in [-0.2, -0.15) is 0 Å². The molecule has 1 aliphatic heterocycles. The van der Waals surface area contributed by atoms with Gasteiger partial charge in [-0.3, -0.25) is 19.9 Å². The summed E-state index contributed by atoms with van der Waals surface area (Å²) in [6, 6.07) is 3.59. The first-order chi connectivity index (χ1) is 10.3. The van der Waals surface area contributed by atoms with Crippen molar-refractivity contribution < 1.29 is 18.0 Å². The lowest BCUT2D eigenvalue weighted by Gasteiger charge is -2.27. The number of ketones is 1. The molecule has 2 N–H and O–H groups in total. The minimum Gasteiger partial charge on any atom is -0.292 e. The van der Waals surface area contributed by atoms with E-state index in [9.17, 15) is 18.0 Å². The highest BCUT2D eigenvalue weighted by Crippen LogP contribution is 2.13. The fraction of sp³-hybridized carbons (Fsp3) is 0.385. The Morgan fingerprint density at radius 3 is 2.86 bits per heavy atom. The Labute approximate surface area is 133 Å². The summed E-state index contributed by atoms with van der Waals surface area (Å²) in [6.45, 7) is 1.18. The number of carbonyl (C=O) groups excluding carboxylic acids is 2. The Morgan fingerprint density at radius 1 is 1.45 bits per heavy atom. The molecule has 9 heteroatoms. The predicted octanol–water partition coefficient (Wildman–Crippen LogP) is -0.000800. The van der Waals surface area contributed by atoms with Gasteiger partial charge in [0.05, 0.1) is 23.6 Å². The van der Waals surface area contributed by atoms with Crippen molar-refractivity contribution in [3.63, 3.8) is 0 Å². The molecular formula is C13H17N3O4S2. The van der Waals surface area contributed by atoms with E-state index in [-0.39, 0.29) is 12.3 Å². The van der Waals surface area contributed by atoms with E-state index in [2.05, 4.69) is 5.43 Å². The topological polar surface area (TPSA) is 95.6 Å². The molecule has 0 spiro atoms. The number of hydrogen-bond donors (Lipinski definition) is 2. The first-order valence-corrected chi connectivity index (χ1v) is 9.34. The summed E-state index contributed by atoms with van der Waals surface area (Å²) in [6.07, 6.45) is 4.47. The average molecular weight is 343 g/mol. The molecule has 1 aromatic rings. The number of rotatable bonds is 6. The van der Waals surface area contributed by atoms with Crippen LogP contribution in [0.5, 0.6) is 0 Å². The number of thiophene rings is 1. The van der Waals surface area contributed by atoms with E-state index in [4.69, 9.17) is 0 Å². The highest BCUT2D eigenvalue weighted by molar-refractivity contribution is 7.88. The van der Waals surface area contributed by atoms with Crippen LogP contribution in [0.15, 0.2) is 29.7 Å². The molecule has 7 nitrogen and oxygen atoms in total. The zero-order chi connectivity index (χ0) is 16.2. The van der Waals surface area contributed by atoms with Gasteiger partial charge in [-0.1, -0.05) is 18.2 Å². The summed E-state index contributed by atoms with van der Waals surface area (Å²) in [4.78, 5) is 28.5. The van der Waals surface area contributed by atoms with E-state index < -0.39 is 21.8 Å². The minimum absolute atomic E-state index is 0.0127. The number of amides is 1. The molecule has 0 aromatic carbocycles. The SMILES string of the molecule is CS(=O)(=O)NNC(=O)C1C=CCN(CC(=O)c2cccs2)C1. The first-order valence-electron chi connectivity index (χ1n) is 6.57. The molecule has 1 unspecified atom stereocenters. The number of carbonyl (C=O) groups is 2. The summed E-state index contributed by atoms with van der Waals surface area (Å²) in [5.41, 5.74) is 2.16. The van der Waals surface area contributed by atoms with Crippen molar-refractivity contribution in [1.29, 1.82) is 0 Å². The highest BCUT2D eigenvalue weighted by atomic mass is 32.2. The third-order valence-corrected chi connectivity index (χ3v) is 4.43. The zero-order valence-electron chi connectivity index (χ0n) is 12.0. The predicted molar refractivity (Wildman–Crippen MR) is 83.8 cm³/mol. The Morgan fingerprint density at radius 2 is 2.23 bits per heavy atom. The Bertz CT molecular complexity index is 667. The normalized spacial score (nSPS) is 19.0. The lowest BCUT2D eigenvalue weighted by Crippen LogP contribution is -2.48. The van der Waals surface area contributed by atoms with Crippen molar-refractivity contribution in [2.75, 3.05) is 25.9 Å². The number of hydrazine groups is 1. The lowest BCUT2D eigenvalue weighted by molar-refractivity contribution is -0.124. The van der Waals surface area contributed by atoms with E-state index in [1.54, 1.807) is 18.2 Å². The van der Waals surface area contributed by atoms with Gasteiger partial charge in [0.2, 0.25) is 15.9 Å². The van der Waals surface area contributed by atoms with Crippen LogP contribution in [0.3, 0.4) is 0 Å². The maximum Gasteiger partial charge on any atom is 0.243 e. The van der Waals surface area contributed by atoms with Crippen molar-refractivity contribution in [2.45, 2.75) is 0 Å². The quantitative estimate of drug-likeness (QED) is 0.431. The second-order valence-corrected chi connectivity index (χ2v) is 7.69. The fourth-order valence-corrected chi connectivity index (χ4v) is 2.98. The van der Waals surface area contributed by atoms with E-state index in [1.807, 2.05) is 21.2 Å².